The molecule has 1 atom stereocenters. The van der Waals surface area contributed by atoms with Crippen LogP contribution < -0.4 is 10.1 Å². The standard InChI is InChI=1S/C22H23ClN2O4/c1-12(2)9-18(25-21(27)14-7-5-6-8-15(14)22(25)28)20(26)24-17-10-13(3)16(23)11-19(17)29-4/h5-8,10-12,18H,9H2,1-4H3,(H,24,26). The molecule has 0 saturated heterocycles. The van der Waals surface area contributed by atoms with Gasteiger partial charge in [-0.2, -0.15) is 0 Å². The molecule has 0 bridgehead atoms. The van der Waals surface area contributed by atoms with Crippen LogP contribution in [0.4, 0.5) is 5.69 Å². The van der Waals surface area contributed by atoms with E-state index in [4.69, 9.17) is 16.3 Å². The van der Waals surface area contributed by atoms with E-state index in [1.807, 2.05) is 20.8 Å². The number of nitrogens with zero attached hydrogens (tertiary/aromatic N) is 1. The molecular weight excluding hydrogens is 392 g/mol. The molecule has 2 aromatic carbocycles. The molecule has 6 nitrogen and oxygen atoms in total. The molecule has 152 valence electrons. The highest BCUT2D eigenvalue weighted by molar-refractivity contribution is 6.31. The van der Waals surface area contributed by atoms with Crippen LogP contribution >= 0.6 is 11.6 Å². The number of amides is 3. The fourth-order valence-electron chi connectivity index (χ4n) is 3.41. The van der Waals surface area contributed by atoms with Gasteiger partial charge >= 0.3 is 0 Å². The van der Waals surface area contributed by atoms with Crippen LogP contribution in [-0.2, 0) is 4.79 Å². The van der Waals surface area contributed by atoms with Crippen LogP contribution in [0.3, 0.4) is 0 Å². The summed E-state index contributed by atoms with van der Waals surface area (Å²) in [5.41, 5.74) is 1.84. The third kappa shape index (κ3) is 3.98. The average molecular weight is 415 g/mol. The minimum Gasteiger partial charge on any atom is -0.495 e. The van der Waals surface area contributed by atoms with Crippen molar-refractivity contribution in [1.29, 1.82) is 0 Å². The summed E-state index contributed by atoms with van der Waals surface area (Å²) < 4.78 is 5.31. The normalized spacial score (nSPS) is 14.2. The summed E-state index contributed by atoms with van der Waals surface area (Å²) in [5.74, 6) is -0.868. The second-order valence-corrected chi connectivity index (χ2v) is 7.87. The zero-order valence-corrected chi connectivity index (χ0v) is 17.5. The summed E-state index contributed by atoms with van der Waals surface area (Å²) in [7, 11) is 1.48. The highest BCUT2D eigenvalue weighted by Crippen LogP contribution is 2.32. The van der Waals surface area contributed by atoms with E-state index in [0.29, 0.717) is 34.0 Å². The van der Waals surface area contributed by atoms with Gasteiger partial charge in [0.1, 0.15) is 11.8 Å². The summed E-state index contributed by atoms with van der Waals surface area (Å²) in [6, 6.07) is 8.98. The lowest BCUT2D eigenvalue weighted by atomic mass is 10.0. The Morgan fingerprint density at radius 2 is 1.72 bits per heavy atom. The fraction of sp³-hybridized carbons (Fsp3) is 0.318. The van der Waals surface area contributed by atoms with Gasteiger partial charge in [-0.1, -0.05) is 37.6 Å². The number of hydrogen-bond donors (Lipinski definition) is 1. The first-order valence-corrected chi connectivity index (χ1v) is 9.74. The molecule has 0 aromatic heterocycles. The lowest BCUT2D eigenvalue weighted by Gasteiger charge is -2.27. The van der Waals surface area contributed by atoms with E-state index in [-0.39, 0.29) is 5.92 Å². The zero-order valence-electron chi connectivity index (χ0n) is 16.8. The Hall–Kier alpha value is -2.86. The highest BCUT2D eigenvalue weighted by atomic mass is 35.5. The number of halogens is 1. The molecule has 1 aliphatic rings. The Morgan fingerprint density at radius 3 is 2.24 bits per heavy atom. The highest BCUT2D eigenvalue weighted by Gasteiger charge is 2.42. The third-order valence-electron chi connectivity index (χ3n) is 4.87. The molecular formula is C22H23ClN2O4. The van der Waals surface area contributed by atoms with Gasteiger partial charge in [0.2, 0.25) is 5.91 Å². The number of anilines is 1. The number of nitrogens with one attached hydrogen (secondary N) is 1. The predicted octanol–water partition coefficient (Wildman–Crippen LogP) is 4.31. The third-order valence-corrected chi connectivity index (χ3v) is 5.28. The van der Waals surface area contributed by atoms with Crippen molar-refractivity contribution >= 4 is 35.0 Å². The van der Waals surface area contributed by atoms with E-state index < -0.39 is 23.8 Å². The van der Waals surface area contributed by atoms with E-state index in [0.717, 1.165) is 10.5 Å². The van der Waals surface area contributed by atoms with Gasteiger partial charge in [-0.25, -0.2) is 0 Å². The number of rotatable bonds is 6. The Morgan fingerprint density at radius 1 is 1.14 bits per heavy atom. The number of carbonyl (C=O) groups excluding carboxylic acids is 3. The molecule has 1 aliphatic heterocycles. The second-order valence-electron chi connectivity index (χ2n) is 7.46. The van der Waals surface area contributed by atoms with Crippen molar-refractivity contribution in [3.05, 3.63) is 58.1 Å². The summed E-state index contributed by atoms with van der Waals surface area (Å²) in [4.78, 5) is 40.0. The summed E-state index contributed by atoms with van der Waals surface area (Å²) >= 11 is 6.14. The lowest BCUT2D eigenvalue weighted by molar-refractivity contribution is -0.120. The van der Waals surface area contributed by atoms with Gasteiger partial charge in [0, 0.05) is 11.1 Å². The fourth-order valence-corrected chi connectivity index (χ4v) is 3.57. The first-order valence-electron chi connectivity index (χ1n) is 9.36. The van der Waals surface area contributed by atoms with Crippen LogP contribution in [0.25, 0.3) is 0 Å². The number of imide groups is 1. The minimum atomic E-state index is -0.942. The van der Waals surface area contributed by atoms with Crippen LogP contribution in [0, 0.1) is 12.8 Å². The topological polar surface area (TPSA) is 75.7 Å². The zero-order chi connectivity index (χ0) is 21.3. The molecule has 1 N–H and O–H groups in total. The van der Waals surface area contributed by atoms with E-state index in [1.54, 1.807) is 36.4 Å². The van der Waals surface area contributed by atoms with Gasteiger partial charge < -0.3 is 10.1 Å². The van der Waals surface area contributed by atoms with E-state index in [9.17, 15) is 14.4 Å². The van der Waals surface area contributed by atoms with Crippen molar-refractivity contribution in [3.63, 3.8) is 0 Å². The van der Waals surface area contributed by atoms with E-state index in [1.165, 1.54) is 7.11 Å². The van der Waals surface area contributed by atoms with Gasteiger partial charge in [0.15, 0.2) is 0 Å². The van der Waals surface area contributed by atoms with Gasteiger partial charge in [0.25, 0.3) is 11.8 Å². The number of carbonyl (C=O) groups is 3. The summed E-state index contributed by atoms with van der Waals surface area (Å²) in [6.07, 6.45) is 0.339. The SMILES string of the molecule is COc1cc(Cl)c(C)cc1NC(=O)C(CC(C)C)N1C(=O)c2ccccc2C1=O. The second kappa shape index (κ2) is 8.25. The lowest BCUT2D eigenvalue weighted by Crippen LogP contribution is -2.48. The van der Waals surface area contributed by atoms with E-state index in [2.05, 4.69) is 5.32 Å². The maximum Gasteiger partial charge on any atom is 0.262 e. The van der Waals surface area contributed by atoms with Crippen molar-refractivity contribution in [3.8, 4) is 5.75 Å². The molecule has 0 spiro atoms. The quantitative estimate of drug-likeness (QED) is 0.715. The van der Waals surface area contributed by atoms with Crippen molar-refractivity contribution in [2.75, 3.05) is 12.4 Å². The monoisotopic (exact) mass is 414 g/mol. The summed E-state index contributed by atoms with van der Waals surface area (Å²) in [5, 5.41) is 3.32. The van der Waals surface area contributed by atoms with Gasteiger partial charge in [-0.3, -0.25) is 19.3 Å². The van der Waals surface area contributed by atoms with Crippen molar-refractivity contribution < 1.29 is 19.1 Å². The van der Waals surface area contributed by atoms with E-state index >= 15 is 0 Å². The maximum absolute atomic E-state index is 13.2. The Kier molecular flexibility index (Phi) is 5.94. The van der Waals surface area contributed by atoms with Crippen LogP contribution in [-0.4, -0.2) is 35.8 Å². The first kappa shape index (κ1) is 20.9. The van der Waals surface area contributed by atoms with Crippen LogP contribution in [0.5, 0.6) is 5.75 Å². The number of fused-ring (bicyclic) bond motifs is 1. The van der Waals surface area contributed by atoms with Crippen LogP contribution in [0.15, 0.2) is 36.4 Å². The van der Waals surface area contributed by atoms with Crippen molar-refractivity contribution in [2.45, 2.75) is 33.2 Å². The molecule has 0 aliphatic carbocycles. The van der Waals surface area contributed by atoms with Crippen LogP contribution in [0.1, 0.15) is 46.5 Å². The molecule has 3 rings (SSSR count). The summed E-state index contributed by atoms with van der Waals surface area (Å²) in [6.45, 7) is 5.68. The Bertz CT molecular complexity index is 952. The van der Waals surface area contributed by atoms with Gasteiger partial charge in [0.05, 0.1) is 23.9 Å². The molecule has 29 heavy (non-hydrogen) atoms. The maximum atomic E-state index is 13.2. The number of aryl methyl sites for hydroxylation is 1. The largest absolute Gasteiger partial charge is 0.495 e. The molecule has 0 saturated carbocycles. The number of methoxy groups -OCH3 is 1. The van der Waals surface area contributed by atoms with Gasteiger partial charge in [-0.05, 0) is 43.0 Å². The van der Waals surface area contributed by atoms with Crippen molar-refractivity contribution in [1.82, 2.24) is 4.90 Å². The average Bonchev–Trinajstić information content (AvgIpc) is 2.93. The Balaban J connectivity index is 1.94. The number of ether oxygens (including phenoxy) is 1. The first-order chi connectivity index (χ1) is 13.7. The molecule has 3 amide bonds. The predicted molar refractivity (Wildman–Crippen MR) is 112 cm³/mol. The van der Waals surface area contributed by atoms with Crippen molar-refractivity contribution in [2.24, 2.45) is 5.92 Å². The van der Waals surface area contributed by atoms with Crippen LogP contribution in [0.2, 0.25) is 5.02 Å². The molecule has 1 unspecified atom stereocenters. The smallest absolute Gasteiger partial charge is 0.262 e. The Labute approximate surface area is 174 Å². The van der Waals surface area contributed by atoms with Gasteiger partial charge in [-0.15, -0.1) is 0 Å². The molecule has 0 radical (unpaired) electrons. The molecule has 0 fully saturated rings. The minimum absolute atomic E-state index is 0.0870. The molecule has 2 aromatic rings. The molecule has 7 heteroatoms. The number of benzene rings is 2. The number of hydrogen-bond acceptors (Lipinski definition) is 4. The molecule has 1 heterocycles.